The van der Waals surface area contributed by atoms with E-state index >= 15 is 0 Å². The first-order valence-corrected chi connectivity index (χ1v) is 10.9. The topological polar surface area (TPSA) is 79.0 Å². The number of carbonyl (C=O) groups is 3. The molecule has 0 unspecified atom stereocenters. The Hall–Kier alpha value is -2.81. The van der Waals surface area contributed by atoms with Crippen molar-refractivity contribution < 1.29 is 19.1 Å². The molecule has 0 bridgehead atoms. The molecule has 0 spiro atoms. The first kappa shape index (κ1) is 21.4. The first-order chi connectivity index (χ1) is 15.0. The highest BCUT2D eigenvalue weighted by molar-refractivity contribution is 8.18. The Kier molecular flexibility index (Phi) is 6.60. The van der Waals surface area contributed by atoms with Gasteiger partial charge in [-0.3, -0.25) is 19.3 Å². The lowest BCUT2D eigenvalue weighted by atomic mass is 10.2. The zero-order chi connectivity index (χ0) is 21.8. The van der Waals surface area contributed by atoms with Crippen molar-refractivity contribution in [2.45, 2.75) is 0 Å². The van der Waals surface area contributed by atoms with Crippen molar-refractivity contribution >= 4 is 57.9 Å². The van der Waals surface area contributed by atoms with Gasteiger partial charge in [0.25, 0.3) is 11.1 Å². The second-order valence-electron chi connectivity index (χ2n) is 7.01. The molecule has 2 saturated heterocycles. The van der Waals surface area contributed by atoms with Crippen molar-refractivity contribution in [2.75, 3.05) is 43.1 Å². The molecule has 1 N–H and O–H groups in total. The number of benzene rings is 2. The molecule has 160 valence electrons. The number of thioether (sulfide) groups is 1. The van der Waals surface area contributed by atoms with Crippen LogP contribution in [0.15, 0.2) is 53.4 Å². The summed E-state index contributed by atoms with van der Waals surface area (Å²) >= 11 is 6.68. The van der Waals surface area contributed by atoms with Crippen LogP contribution in [0, 0.1) is 0 Å². The lowest BCUT2D eigenvalue weighted by molar-refractivity contribution is -0.127. The van der Waals surface area contributed by atoms with Crippen LogP contribution in [0.3, 0.4) is 0 Å². The summed E-state index contributed by atoms with van der Waals surface area (Å²) < 4.78 is 5.35. The van der Waals surface area contributed by atoms with Crippen LogP contribution in [-0.4, -0.2) is 54.8 Å². The van der Waals surface area contributed by atoms with Gasteiger partial charge in [0.1, 0.15) is 6.54 Å². The lowest BCUT2D eigenvalue weighted by Gasteiger charge is -2.28. The Labute approximate surface area is 189 Å². The second-order valence-corrected chi connectivity index (χ2v) is 8.44. The van der Waals surface area contributed by atoms with Crippen molar-refractivity contribution in [1.29, 1.82) is 0 Å². The molecule has 0 aliphatic carbocycles. The highest BCUT2D eigenvalue weighted by Gasteiger charge is 2.36. The molecule has 31 heavy (non-hydrogen) atoms. The molecule has 2 aromatic carbocycles. The monoisotopic (exact) mass is 457 g/mol. The van der Waals surface area contributed by atoms with E-state index in [1.54, 1.807) is 42.5 Å². The fourth-order valence-corrected chi connectivity index (χ4v) is 4.23. The van der Waals surface area contributed by atoms with Gasteiger partial charge in [-0.1, -0.05) is 23.7 Å². The summed E-state index contributed by atoms with van der Waals surface area (Å²) in [5.41, 5.74) is 2.41. The number of hydrogen-bond donors (Lipinski definition) is 1. The zero-order valence-electron chi connectivity index (χ0n) is 16.5. The van der Waals surface area contributed by atoms with E-state index in [-0.39, 0.29) is 11.4 Å². The van der Waals surface area contributed by atoms with E-state index in [0.29, 0.717) is 23.9 Å². The fraction of sp³-hybridized carbons (Fsp3) is 0.227. The van der Waals surface area contributed by atoms with Gasteiger partial charge >= 0.3 is 0 Å². The van der Waals surface area contributed by atoms with Crippen molar-refractivity contribution in [1.82, 2.24) is 4.90 Å². The van der Waals surface area contributed by atoms with Crippen molar-refractivity contribution in [3.63, 3.8) is 0 Å². The maximum Gasteiger partial charge on any atom is 0.294 e. The maximum atomic E-state index is 12.6. The summed E-state index contributed by atoms with van der Waals surface area (Å²) in [6.07, 6.45) is 1.61. The molecular formula is C22H20ClN3O4S. The maximum absolute atomic E-state index is 12.6. The highest BCUT2D eigenvalue weighted by atomic mass is 35.5. The Bertz CT molecular complexity index is 1020. The minimum atomic E-state index is -0.484. The predicted octanol–water partition coefficient (Wildman–Crippen LogP) is 3.85. The molecule has 3 amide bonds. The van der Waals surface area contributed by atoms with E-state index in [2.05, 4.69) is 10.2 Å². The minimum absolute atomic E-state index is 0.273. The van der Waals surface area contributed by atoms with Gasteiger partial charge < -0.3 is 15.0 Å². The highest BCUT2D eigenvalue weighted by Crippen LogP contribution is 2.32. The number of nitrogens with zero attached hydrogens (tertiary/aromatic N) is 2. The fourth-order valence-electron chi connectivity index (χ4n) is 3.27. The number of imide groups is 1. The standard InChI is InChI=1S/C22H20ClN3O4S/c23-16-3-1-15(2-4-16)13-19-21(28)26(22(29)31-19)14-20(27)24-17-5-7-18(8-6-17)25-9-11-30-12-10-25/h1-8,13H,9-12,14H2,(H,24,27)/b19-13+. The van der Waals surface area contributed by atoms with Crippen molar-refractivity contribution in [2.24, 2.45) is 0 Å². The van der Waals surface area contributed by atoms with Gasteiger partial charge in [-0.05, 0) is 59.8 Å². The largest absolute Gasteiger partial charge is 0.378 e. The molecule has 2 heterocycles. The summed E-state index contributed by atoms with van der Waals surface area (Å²) in [4.78, 5) is 40.7. The van der Waals surface area contributed by atoms with Gasteiger partial charge in [-0.25, -0.2) is 0 Å². The number of rotatable bonds is 5. The number of halogens is 1. The van der Waals surface area contributed by atoms with Gasteiger partial charge in [0.05, 0.1) is 18.1 Å². The summed E-state index contributed by atoms with van der Waals surface area (Å²) in [6.45, 7) is 2.71. The summed E-state index contributed by atoms with van der Waals surface area (Å²) in [5, 5.41) is 2.85. The molecule has 0 radical (unpaired) electrons. The van der Waals surface area contributed by atoms with Gasteiger partial charge in [-0.15, -0.1) is 0 Å². The molecule has 2 aliphatic rings. The minimum Gasteiger partial charge on any atom is -0.378 e. The molecule has 7 nitrogen and oxygen atoms in total. The second kappa shape index (κ2) is 9.55. The van der Waals surface area contributed by atoms with Crippen molar-refractivity contribution in [3.8, 4) is 0 Å². The number of carbonyl (C=O) groups excluding carboxylic acids is 3. The van der Waals surface area contributed by atoms with Gasteiger partial charge in [0.15, 0.2) is 0 Å². The number of ether oxygens (including phenoxy) is 1. The Morgan fingerprint density at radius 1 is 1.06 bits per heavy atom. The van der Waals surface area contributed by atoms with E-state index in [0.717, 1.165) is 41.0 Å². The quantitative estimate of drug-likeness (QED) is 0.687. The molecule has 0 aromatic heterocycles. The Morgan fingerprint density at radius 2 is 1.74 bits per heavy atom. The molecular weight excluding hydrogens is 438 g/mol. The van der Waals surface area contributed by atoms with Crippen LogP contribution in [0.2, 0.25) is 5.02 Å². The average molecular weight is 458 g/mol. The van der Waals surface area contributed by atoms with Crippen LogP contribution >= 0.6 is 23.4 Å². The zero-order valence-corrected chi connectivity index (χ0v) is 18.1. The van der Waals surface area contributed by atoms with E-state index in [9.17, 15) is 14.4 Å². The number of amides is 3. The normalized spacial score (nSPS) is 18.0. The average Bonchev–Trinajstić information content (AvgIpc) is 3.04. The molecule has 2 fully saturated rings. The van der Waals surface area contributed by atoms with Gasteiger partial charge in [0.2, 0.25) is 5.91 Å². The van der Waals surface area contributed by atoms with Crippen LogP contribution in [-0.2, 0) is 14.3 Å². The third kappa shape index (κ3) is 5.28. The van der Waals surface area contributed by atoms with Gasteiger partial charge in [-0.2, -0.15) is 0 Å². The molecule has 0 saturated carbocycles. The summed E-state index contributed by atoms with van der Waals surface area (Å²) in [5.74, 6) is -0.920. The molecule has 9 heteroatoms. The SMILES string of the molecule is O=C(CN1C(=O)S/C(=C/c2ccc(Cl)cc2)C1=O)Nc1ccc(N2CCOCC2)cc1. The summed E-state index contributed by atoms with van der Waals surface area (Å²) in [7, 11) is 0. The Balaban J connectivity index is 1.36. The molecule has 0 atom stereocenters. The van der Waals surface area contributed by atoms with Gasteiger partial charge in [0, 0.05) is 29.5 Å². The lowest BCUT2D eigenvalue weighted by Crippen LogP contribution is -2.36. The molecule has 4 rings (SSSR count). The molecule has 2 aliphatic heterocycles. The number of morpholine rings is 1. The van der Waals surface area contributed by atoms with Crippen LogP contribution in [0.1, 0.15) is 5.56 Å². The summed E-state index contributed by atoms with van der Waals surface area (Å²) in [6, 6.07) is 14.4. The Morgan fingerprint density at radius 3 is 2.42 bits per heavy atom. The number of nitrogens with one attached hydrogen (secondary N) is 1. The third-order valence-corrected chi connectivity index (χ3v) is 6.03. The number of hydrogen-bond acceptors (Lipinski definition) is 6. The third-order valence-electron chi connectivity index (χ3n) is 4.87. The first-order valence-electron chi connectivity index (χ1n) is 9.73. The van der Waals surface area contributed by atoms with Crippen molar-refractivity contribution in [3.05, 3.63) is 64.0 Å². The van der Waals surface area contributed by atoms with Crippen LogP contribution in [0.25, 0.3) is 6.08 Å². The van der Waals surface area contributed by atoms with E-state index in [1.807, 2.05) is 12.1 Å². The van der Waals surface area contributed by atoms with Crippen LogP contribution in [0.4, 0.5) is 16.2 Å². The predicted molar refractivity (Wildman–Crippen MR) is 122 cm³/mol. The molecule has 2 aromatic rings. The smallest absolute Gasteiger partial charge is 0.294 e. The van der Waals surface area contributed by atoms with E-state index in [4.69, 9.17) is 16.3 Å². The number of anilines is 2. The van der Waals surface area contributed by atoms with Crippen LogP contribution in [0.5, 0.6) is 0 Å². The van der Waals surface area contributed by atoms with Crippen LogP contribution < -0.4 is 10.2 Å². The van der Waals surface area contributed by atoms with E-state index < -0.39 is 17.1 Å². The van der Waals surface area contributed by atoms with E-state index in [1.165, 1.54) is 0 Å².